The zero-order valence-electron chi connectivity index (χ0n) is 14.9. The summed E-state index contributed by atoms with van der Waals surface area (Å²) in [5.74, 6) is 0.439. The van der Waals surface area contributed by atoms with Crippen LogP contribution in [0.15, 0.2) is 47.6 Å². The van der Waals surface area contributed by atoms with E-state index in [0.717, 1.165) is 12.0 Å². The van der Waals surface area contributed by atoms with E-state index >= 15 is 0 Å². The Balaban J connectivity index is 1.96. The number of carbonyl (C=O) groups excluding carboxylic acids is 1. The molecule has 0 radical (unpaired) electrons. The third kappa shape index (κ3) is 5.35. The number of nitrogens with one attached hydrogen (secondary N) is 1. The molecule has 1 amide bonds. The van der Waals surface area contributed by atoms with Crippen molar-refractivity contribution in [3.05, 3.63) is 59.2 Å². The fourth-order valence-corrected chi connectivity index (χ4v) is 2.34. The molecule has 0 aliphatic heterocycles. The SMILES string of the molecule is CC/C(=N\NC(=O)COc1ccc(CC)cc1)c1cc(C)ccc1O. The molecule has 0 aromatic heterocycles. The Morgan fingerprint density at radius 2 is 1.88 bits per heavy atom. The van der Waals surface area contributed by atoms with Gasteiger partial charge < -0.3 is 9.84 Å². The second kappa shape index (κ2) is 8.87. The topological polar surface area (TPSA) is 70.9 Å². The summed E-state index contributed by atoms with van der Waals surface area (Å²) in [4.78, 5) is 11.9. The molecule has 0 fully saturated rings. The van der Waals surface area contributed by atoms with Crippen LogP contribution in [0.1, 0.15) is 37.0 Å². The zero-order chi connectivity index (χ0) is 18.2. The molecular weight excluding hydrogens is 316 g/mol. The number of phenols is 1. The van der Waals surface area contributed by atoms with Crippen molar-refractivity contribution in [2.75, 3.05) is 6.61 Å². The van der Waals surface area contributed by atoms with E-state index in [1.54, 1.807) is 6.07 Å². The van der Waals surface area contributed by atoms with Crippen molar-refractivity contribution < 1.29 is 14.6 Å². The summed E-state index contributed by atoms with van der Waals surface area (Å²) in [6.45, 7) is 5.81. The van der Waals surface area contributed by atoms with Gasteiger partial charge in [-0.05, 0) is 49.6 Å². The van der Waals surface area contributed by atoms with Crippen LogP contribution in [0.2, 0.25) is 0 Å². The van der Waals surface area contributed by atoms with Gasteiger partial charge >= 0.3 is 0 Å². The number of hydrogen-bond donors (Lipinski definition) is 2. The Morgan fingerprint density at radius 3 is 2.52 bits per heavy atom. The molecule has 0 saturated carbocycles. The lowest BCUT2D eigenvalue weighted by molar-refractivity contribution is -0.123. The van der Waals surface area contributed by atoms with Gasteiger partial charge in [0.2, 0.25) is 0 Å². The van der Waals surface area contributed by atoms with Gasteiger partial charge in [0.1, 0.15) is 11.5 Å². The number of aromatic hydroxyl groups is 1. The molecule has 0 unspecified atom stereocenters. The molecule has 2 aromatic carbocycles. The summed E-state index contributed by atoms with van der Waals surface area (Å²) in [5.41, 5.74) is 5.95. The molecule has 132 valence electrons. The summed E-state index contributed by atoms with van der Waals surface area (Å²) < 4.78 is 5.45. The first-order valence-corrected chi connectivity index (χ1v) is 8.40. The molecule has 0 bridgehead atoms. The highest BCUT2D eigenvalue weighted by Gasteiger charge is 2.09. The van der Waals surface area contributed by atoms with Crippen LogP contribution < -0.4 is 10.2 Å². The van der Waals surface area contributed by atoms with E-state index in [1.165, 1.54) is 5.56 Å². The molecule has 0 saturated heterocycles. The number of benzene rings is 2. The summed E-state index contributed by atoms with van der Waals surface area (Å²) in [5, 5.41) is 14.1. The first kappa shape index (κ1) is 18.5. The molecule has 2 aromatic rings. The highest BCUT2D eigenvalue weighted by molar-refractivity contribution is 6.03. The Kier molecular flexibility index (Phi) is 6.57. The standard InChI is InChI=1S/C20H24N2O3/c1-4-15-7-9-16(10-8-15)25-13-20(24)22-21-18(5-2)17-12-14(3)6-11-19(17)23/h6-12,23H,4-5,13H2,1-3H3,(H,22,24)/b21-18+. The van der Waals surface area contributed by atoms with Crippen molar-refractivity contribution in [3.63, 3.8) is 0 Å². The molecular formula is C20H24N2O3. The van der Waals surface area contributed by atoms with Gasteiger partial charge in [0.05, 0.1) is 5.71 Å². The summed E-state index contributed by atoms with van der Waals surface area (Å²) in [6.07, 6.45) is 1.54. The number of phenolic OH excluding ortho intramolecular Hbond substituents is 1. The van der Waals surface area contributed by atoms with E-state index in [2.05, 4.69) is 17.5 Å². The van der Waals surface area contributed by atoms with E-state index in [1.807, 2.05) is 50.2 Å². The van der Waals surface area contributed by atoms with Gasteiger partial charge in [0, 0.05) is 5.56 Å². The summed E-state index contributed by atoms with van der Waals surface area (Å²) >= 11 is 0. The minimum absolute atomic E-state index is 0.119. The van der Waals surface area contributed by atoms with Crippen LogP contribution in [0.25, 0.3) is 0 Å². The number of aryl methyl sites for hydroxylation is 2. The number of rotatable bonds is 7. The van der Waals surface area contributed by atoms with Gasteiger partial charge in [-0.3, -0.25) is 4.79 Å². The minimum atomic E-state index is -0.349. The minimum Gasteiger partial charge on any atom is -0.507 e. The fourth-order valence-electron chi connectivity index (χ4n) is 2.34. The highest BCUT2D eigenvalue weighted by atomic mass is 16.5. The van der Waals surface area contributed by atoms with Gasteiger partial charge in [-0.1, -0.05) is 37.6 Å². The largest absolute Gasteiger partial charge is 0.507 e. The first-order chi connectivity index (χ1) is 12.0. The number of nitrogens with zero attached hydrogens (tertiary/aromatic N) is 1. The van der Waals surface area contributed by atoms with Crippen molar-refractivity contribution in [3.8, 4) is 11.5 Å². The Labute approximate surface area is 148 Å². The van der Waals surface area contributed by atoms with Crippen LogP contribution in [0.5, 0.6) is 11.5 Å². The lowest BCUT2D eigenvalue weighted by Crippen LogP contribution is -2.26. The maximum atomic E-state index is 11.9. The lowest BCUT2D eigenvalue weighted by atomic mass is 10.0. The second-order valence-corrected chi connectivity index (χ2v) is 5.75. The molecule has 5 heteroatoms. The van der Waals surface area contributed by atoms with Crippen LogP contribution in [-0.2, 0) is 11.2 Å². The molecule has 0 atom stereocenters. The predicted molar refractivity (Wildman–Crippen MR) is 99.1 cm³/mol. The second-order valence-electron chi connectivity index (χ2n) is 5.75. The van der Waals surface area contributed by atoms with Gasteiger partial charge in [0.25, 0.3) is 5.91 Å². The first-order valence-electron chi connectivity index (χ1n) is 8.40. The van der Waals surface area contributed by atoms with Crippen LogP contribution in [0.3, 0.4) is 0 Å². The number of ether oxygens (including phenoxy) is 1. The van der Waals surface area contributed by atoms with Crippen molar-refractivity contribution in [1.82, 2.24) is 5.43 Å². The smallest absolute Gasteiger partial charge is 0.277 e. The third-order valence-electron chi connectivity index (χ3n) is 3.81. The number of carbonyl (C=O) groups is 1. The summed E-state index contributed by atoms with van der Waals surface area (Å²) in [6, 6.07) is 12.9. The van der Waals surface area contributed by atoms with Crippen molar-refractivity contribution in [1.29, 1.82) is 0 Å². The average Bonchev–Trinajstić information content (AvgIpc) is 2.63. The van der Waals surface area contributed by atoms with Gasteiger partial charge in [0.15, 0.2) is 6.61 Å². The number of amides is 1. The molecule has 0 heterocycles. The van der Waals surface area contributed by atoms with Gasteiger partial charge in [-0.2, -0.15) is 5.10 Å². The van der Waals surface area contributed by atoms with Gasteiger partial charge in [-0.25, -0.2) is 5.43 Å². The molecule has 25 heavy (non-hydrogen) atoms. The van der Waals surface area contributed by atoms with E-state index in [9.17, 15) is 9.90 Å². The predicted octanol–water partition coefficient (Wildman–Crippen LogP) is 3.57. The van der Waals surface area contributed by atoms with Crippen molar-refractivity contribution in [2.45, 2.75) is 33.6 Å². The molecule has 0 spiro atoms. The third-order valence-corrected chi connectivity index (χ3v) is 3.81. The fraction of sp³-hybridized carbons (Fsp3) is 0.300. The monoisotopic (exact) mass is 340 g/mol. The van der Waals surface area contributed by atoms with E-state index in [-0.39, 0.29) is 18.3 Å². The van der Waals surface area contributed by atoms with Crippen LogP contribution in [-0.4, -0.2) is 23.3 Å². The molecule has 5 nitrogen and oxygen atoms in total. The quantitative estimate of drug-likeness (QED) is 0.598. The van der Waals surface area contributed by atoms with E-state index in [4.69, 9.17) is 4.74 Å². The highest BCUT2D eigenvalue weighted by Crippen LogP contribution is 2.20. The van der Waals surface area contributed by atoms with E-state index in [0.29, 0.717) is 23.4 Å². The molecule has 2 N–H and O–H groups in total. The molecule has 0 aliphatic carbocycles. The number of hydrogen-bond acceptors (Lipinski definition) is 4. The van der Waals surface area contributed by atoms with Crippen molar-refractivity contribution in [2.24, 2.45) is 5.10 Å². The lowest BCUT2D eigenvalue weighted by Gasteiger charge is -2.09. The van der Waals surface area contributed by atoms with Gasteiger partial charge in [-0.15, -0.1) is 0 Å². The van der Waals surface area contributed by atoms with Crippen LogP contribution in [0.4, 0.5) is 0 Å². The number of hydrazone groups is 1. The normalized spacial score (nSPS) is 11.2. The molecule has 2 rings (SSSR count). The molecule has 0 aliphatic rings. The average molecular weight is 340 g/mol. The van der Waals surface area contributed by atoms with Crippen LogP contribution >= 0.6 is 0 Å². The Hall–Kier alpha value is -2.82. The van der Waals surface area contributed by atoms with Crippen molar-refractivity contribution >= 4 is 11.6 Å². The Bertz CT molecular complexity index is 752. The maximum Gasteiger partial charge on any atom is 0.277 e. The van der Waals surface area contributed by atoms with Crippen LogP contribution in [0, 0.1) is 6.92 Å². The van der Waals surface area contributed by atoms with E-state index < -0.39 is 0 Å². The maximum absolute atomic E-state index is 11.9. The zero-order valence-corrected chi connectivity index (χ0v) is 14.9. The Morgan fingerprint density at radius 1 is 1.16 bits per heavy atom. The summed E-state index contributed by atoms with van der Waals surface area (Å²) in [7, 11) is 0.